The zero-order chi connectivity index (χ0) is 40.8. The number of carbonyl (C=O) groups is 4. The number of anilines is 3. The number of aromatic nitrogens is 2. The molecule has 0 radical (unpaired) electrons. The number of carbonyl (C=O) groups excluding carboxylic acids is 4. The van der Waals surface area contributed by atoms with Crippen LogP contribution in [-0.2, 0) is 9.59 Å². The van der Waals surface area contributed by atoms with Crippen molar-refractivity contribution in [3.05, 3.63) is 76.8 Å². The van der Waals surface area contributed by atoms with Gasteiger partial charge in [-0.1, -0.05) is 11.6 Å². The van der Waals surface area contributed by atoms with Crippen LogP contribution in [0.3, 0.4) is 0 Å². The van der Waals surface area contributed by atoms with Gasteiger partial charge in [0.15, 0.2) is 11.5 Å². The number of rotatable bonds is 12. The highest BCUT2D eigenvalue weighted by molar-refractivity contribution is 6.31. The lowest BCUT2D eigenvalue weighted by Gasteiger charge is -2.44. The fourth-order valence-electron chi connectivity index (χ4n) is 9.46. The lowest BCUT2D eigenvalue weighted by atomic mass is 9.95. The number of fused-ring (bicyclic) bond motifs is 4. The molecular formula is C43H46ClFN8O6. The topological polar surface area (TPSA) is 150 Å². The Bertz CT molecular complexity index is 2310. The van der Waals surface area contributed by atoms with Gasteiger partial charge in [0.1, 0.15) is 24.0 Å². The van der Waals surface area contributed by atoms with Gasteiger partial charge < -0.3 is 24.6 Å². The van der Waals surface area contributed by atoms with Gasteiger partial charge in [0, 0.05) is 67.5 Å². The number of nitrogens with one attached hydrogen (secondary N) is 2. The van der Waals surface area contributed by atoms with E-state index in [1.54, 1.807) is 19.2 Å². The number of amides is 4. The molecule has 14 nitrogen and oxygen atoms in total. The molecule has 3 unspecified atom stereocenters. The first-order valence-electron chi connectivity index (χ1n) is 20.4. The first-order chi connectivity index (χ1) is 28.6. The Morgan fingerprint density at radius 1 is 0.898 bits per heavy atom. The Balaban J connectivity index is 0.749. The van der Waals surface area contributed by atoms with E-state index in [9.17, 15) is 23.6 Å². The minimum absolute atomic E-state index is 0.0176. The molecule has 16 heteroatoms. The van der Waals surface area contributed by atoms with Crippen LogP contribution in [0.5, 0.6) is 11.5 Å². The van der Waals surface area contributed by atoms with E-state index in [1.165, 1.54) is 18.5 Å². The number of ether oxygens (including phenoxy) is 2. The van der Waals surface area contributed by atoms with Crippen molar-refractivity contribution in [2.45, 2.75) is 63.1 Å². The lowest BCUT2D eigenvalue weighted by Crippen LogP contribution is -2.55. The largest absolute Gasteiger partial charge is 0.493 e. The van der Waals surface area contributed by atoms with Crippen LogP contribution in [0, 0.1) is 11.7 Å². The fourth-order valence-corrected chi connectivity index (χ4v) is 9.64. The monoisotopic (exact) mass is 824 g/mol. The third kappa shape index (κ3) is 7.78. The summed E-state index contributed by atoms with van der Waals surface area (Å²) < 4.78 is 25.6. The molecule has 1 aromatic heterocycles. The summed E-state index contributed by atoms with van der Waals surface area (Å²) in [7, 11) is 1.60. The predicted octanol–water partition coefficient (Wildman–Crippen LogP) is 5.41. The molecule has 4 fully saturated rings. The molecule has 4 aromatic rings. The minimum atomic E-state index is -0.970. The number of nitrogens with zero attached hydrogens (tertiary/aromatic N) is 6. The predicted molar refractivity (Wildman–Crippen MR) is 219 cm³/mol. The summed E-state index contributed by atoms with van der Waals surface area (Å²) in [5.41, 5.74) is 2.83. The Morgan fingerprint density at radius 2 is 1.68 bits per heavy atom. The number of imide groups is 2. The van der Waals surface area contributed by atoms with Crippen LogP contribution in [0.25, 0.3) is 10.9 Å². The summed E-state index contributed by atoms with van der Waals surface area (Å²) in [5.74, 6) is -0.0722. The van der Waals surface area contributed by atoms with Crippen LogP contribution >= 0.6 is 11.6 Å². The van der Waals surface area contributed by atoms with Crippen LogP contribution in [0.1, 0.15) is 65.7 Å². The second kappa shape index (κ2) is 16.3. The molecule has 308 valence electrons. The molecule has 2 bridgehead atoms. The van der Waals surface area contributed by atoms with Gasteiger partial charge in [0.25, 0.3) is 11.8 Å². The lowest BCUT2D eigenvalue weighted by molar-refractivity contribution is -0.136. The first kappa shape index (κ1) is 39.1. The number of piperidine rings is 2. The van der Waals surface area contributed by atoms with Crippen molar-refractivity contribution in [3.63, 3.8) is 0 Å². The maximum absolute atomic E-state index is 13.7. The Morgan fingerprint density at radius 3 is 2.42 bits per heavy atom. The zero-order valence-corrected chi connectivity index (χ0v) is 33.5. The van der Waals surface area contributed by atoms with Crippen molar-refractivity contribution >= 4 is 63.3 Å². The molecule has 2 N–H and O–H groups in total. The standard InChI is InChI=1S/C43H46ClFN8O6/c1-58-37-20-35-32(40(47-24-46-35)48-26-3-8-34(45)33(44)17-26)19-38(37)59-16-2-13-50-14-11-25(12-15-50)21-52-28-4-5-29(52)23-51(22-28)27-6-7-30-31(18-27)43(57)53(42(30)56)36-9-10-39(54)49-41(36)55/h3,6-8,17-20,24-25,28-29,36H,2,4-5,9-16,21-23H2,1H3,(H,46,47,48)(H,49,54,55). The molecule has 6 heterocycles. The summed E-state index contributed by atoms with van der Waals surface area (Å²) in [6.07, 6.45) is 7.14. The first-order valence-corrected chi connectivity index (χ1v) is 20.8. The van der Waals surface area contributed by atoms with Gasteiger partial charge in [-0.3, -0.25) is 34.3 Å². The van der Waals surface area contributed by atoms with E-state index < -0.39 is 29.6 Å². The van der Waals surface area contributed by atoms with Gasteiger partial charge in [0.05, 0.1) is 35.4 Å². The Kier molecular flexibility index (Phi) is 10.8. The average molecular weight is 825 g/mol. The molecule has 0 spiro atoms. The maximum Gasteiger partial charge on any atom is 0.262 e. The zero-order valence-electron chi connectivity index (χ0n) is 32.8. The SMILES string of the molecule is COc1cc2ncnc(Nc3ccc(F)c(Cl)c3)c2cc1OCCCN1CCC(CN2C3CCC2CN(c2ccc4c(c2)C(=O)N(C2CCC(=O)NC2=O)C4=O)C3)CC1. The van der Waals surface area contributed by atoms with E-state index in [0.717, 1.165) is 87.3 Å². The number of hydrogen-bond acceptors (Lipinski definition) is 12. The van der Waals surface area contributed by atoms with Gasteiger partial charge in [-0.2, -0.15) is 0 Å². The second-order valence-electron chi connectivity index (χ2n) is 16.1. The van der Waals surface area contributed by atoms with Gasteiger partial charge in [-0.15, -0.1) is 0 Å². The minimum Gasteiger partial charge on any atom is -0.493 e. The number of likely N-dealkylation sites (tertiary alicyclic amines) is 1. The molecule has 0 aliphatic carbocycles. The molecule has 5 aliphatic rings. The molecule has 0 saturated carbocycles. The molecule has 5 aliphatic heterocycles. The Labute approximate surface area is 346 Å². The summed E-state index contributed by atoms with van der Waals surface area (Å²) in [6, 6.07) is 13.4. The van der Waals surface area contributed by atoms with E-state index >= 15 is 0 Å². The van der Waals surface area contributed by atoms with Crippen LogP contribution < -0.4 is 25.0 Å². The molecule has 59 heavy (non-hydrogen) atoms. The van der Waals surface area contributed by atoms with E-state index in [0.29, 0.717) is 64.3 Å². The molecule has 9 rings (SSSR count). The summed E-state index contributed by atoms with van der Waals surface area (Å²) in [6.45, 7) is 6.38. The van der Waals surface area contributed by atoms with Crippen molar-refractivity contribution in [2.24, 2.45) is 5.92 Å². The van der Waals surface area contributed by atoms with Crippen LogP contribution in [0.15, 0.2) is 54.9 Å². The highest BCUT2D eigenvalue weighted by Crippen LogP contribution is 2.38. The normalized spacial score (nSPS) is 22.6. The Hall–Kier alpha value is -5.38. The number of halogens is 2. The van der Waals surface area contributed by atoms with Crippen molar-refractivity contribution in [3.8, 4) is 11.5 Å². The van der Waals surface area contributed by atoms with Crippen LogP contribution in [0.4, 0.5) is 21.6 Å². The van der Waals surface area contributed by atoms with Crippen LogP contribution in [0.2, 0.25) is 5.02 Å². The number of methoxy groups -OCH3 is 1. The summed E-state index contributed by atoms with van der Waals surface area (Å²) in [5, 5.41) is 6.22. The number of piperazine rings is 1. The summed E-state index contributed by atoms with van der Waals surface area (Å²) in [4.78, 5) is 68.3. The average Bonchev–Trinajstić information content (AvgIpc) is 3.61. The highest BCUT2D eigenvalue weighted by atomic mass is 35.5. The number of hydrogen-bond donors (Lipinski definition) is 2. The van der Waals surface area contributed by atoms with Crippen molar-refractivity contribution in [1.29, 1.82) is 0 Å². The summed E-state index contributed by atoms with van der Waals surface area (Å²) >= 11 is 5.99. The maximum atomic E-state index is 13.7. The number of benzene rings is 3. The third-order valence-electron chi connectivity index (χ3n) is 12.6. The smallest absolute Gasteiger partial charge is 0.262 e. The second-order valence-corrected chi connectivity index (χ2v) is 16.6. The van der Waals surface area contributed by atoms with Crippen molar-refractivity contribution in [1.82, 2.24) is 30.0 Å². The van der Waals surface area contributed by atoms with Crippen LogP contribution in [-0.4, -0.2) is 119 Å². The molecular weight excluding hydrogens is 779 g/mol. The molecule has 3 aromatic carbocycles. The van der Waals surface area contributed by atoms with E-state index in [-0.39, 0.29) is 23.8 Å². The van der Waals surface area contributed by atoms with Gasteiger partial charge in [-0.05, 0) is 100.0 Å². The van der Waals surface area contributed by atoms with Crippen molar-refractivity contribution in [2.75, 3.05) is 63.2 Å². The van der Waals surface area contributed by atoms with E-state index in [4.69, 9.17) is 21.1 Å². The van der Waals surface area contributed by atoms with Gasteiger partial charge >= 0.3 is 0 Å². The van der Waals surface area contributed by atoms with Gasteiger partial charge in [-0.25, -0.2) is 14.4 Å². The quantitative estimate of drug-likeness (QED) is 0.139. The van der Waals surface area contributed by atoms with Crippen molar-refractivity contribution < 1.29 is 33.0 Å². The molecule has 4 saturated heterocycles. The third-order valence-corrected chi connectivity index (χ3v) is 12.9. The molecule has 4 amide bonds. The van der Waals surface area contributed by atoms with E-state index in [2.05, 4.69) is 35.3 Å². The molecule has 3 atom stereocenters. The van der Waals surface area contributed by atoms with E-state index in [1.807, 2.05) is 24.3 Å². The highest BCUT2D eigenvalue weighted by Gasteiger charge is 2.46. The fraction of sp³-hybridized carbons (Fsp3) is 0.442. The van der Waals surface area contributed by atoms with Gasteiger partial charge in [0.2, 0.25) is 11.8 Å².